The summed E-state index contributed by atoms with van der Waals surface area (Å²) >= 11 is 0. The highest BCUT2D eigenvalue weighted by atomic mass is 16.5. The molecule has 4 N–H and O–H groups in total. The average molecular weight is 797 g/mol. The molecule has 0 fully saturated rings. The van der Waals surface area contributed by atoms with E-state index < -0.39 is 23.8 Å². The molecule has 1 unspecified atom stereocenters. The highest BCUT2D eigenvalue weighted by Gasteiger charge is 2.21. The van der Waals surface area contributed by atoms with Crippen molar-refractivity contribution in [3.8, 4) is 0 Å². The molecule has 0 bridgehead atoms. The summed E-state index contributed by atoms with van der Waals surface area (Å²) in [6.07, 6.45) is 5.89. The van der Waals surface area contributed by atoms with Crippen molar-refractivity contribution in [3.63, 3.8) is 0 Å². The molecule has 0 aromatic rings. The van der Waals surface area contributed by atoms with Gasteiger partial charge < -0.3 is 34.6 Å². The molecule has 0 radical (unpaired) electrons. The van der Waals surface area contributed by atoms with Crippen LogP contribution in [0.1, 0.15) is 149 Å². The Bertz CT molecular complexity index is 979. The third-order valence-electron chi connectivity index (χ3n) is 5.41. The number of carbonyl (C=O) groups excluding carboxylic acids is 5. The zero-order valence-electron chi connectivity index (χ0n) is 37.1. The molecule has 0 amide bonds. The van der Waals surface area contributed by atoms with E-state index in [2.05, 4.69) is 11.7 Å². The number of carboxylic acids is 2. The number of aliphatic carboxylic acids is 2. The molecule has 0 rings (SSSR count). The number of allylic oxidation sites excluding steroid dienone is 1. The van der Waals surface area contributed by atoms with Crippen LogP contribution >= 0.6 is 0 Å². The molecule has 0 spiro atoms. The number of carboxylic acid groups (broad SMARTS) is 2. The van der Waals surface area contributed by atoms with Gasteiger partial charge in [-0.1, -0.05) is 94.6 Å². The van der Waals surface area contributed by atoms with Gasteiger partial charge in [-0.05, 0) is 64.2 Å². The van der Waals surface area contributed by atoms with Crippen molar-refractivity contribution >= 4 is 41.4 Å². The molecule has 328 valence electrons. The number of ketones is 2. The Morgan fingerprint density at radius 3 is 1.22 bits per heavy atom. The molecule has 0 aromatic carbocycles. The zero-order chi connectivity index (χ0) is 45.1. The molecule has 0 aliphatic carbocycles. The van der Waals surface area contributed by atoms with Gasteiger partial charge in [-0.15, -0.1) is 0 Å². The van der Waals surface area contributed by atoms with Crippen LogP contribution < -0.4 is 0 Å². The van der Waals surface area contributed by atoms with Crippen LogP contribution in [0.15, 0.2) is 11.6 Å². The van der Waals surface area contributed by atoms with E-state index in [1.54, 1.807) is 13.0 Å². The minimum Gasteiger partial charge on any atom is -0.481 e. The van der Waals surface area contributed by atoms with Gasteiger partial charge in [0.2, 0.25) is 0 Å². The SMILES string of the molecule is C/C=C(/C)C(=O)OCC(C)C.CC(=O)CC(=O)OCC(C)C.CC(=O)O.CC(=O)OCC(C)C.CC(C)CO.CCCCC(C(C)=O)C(=O)O.CCCCO. The van der Waals surface area contributed by atoms with E-state index in [1.807, 2.05) is 69.2 Å². The van der Waals surface area contributed by atoms with Crippen molar-refractivity contribution in [1.29, 1.82) is 0 Å². The molecule has 0 aliphatic rings. The molecule has 0 saturated carbocycles. The Labute approximate surface area is 332 Å². The number of Topliss-reactive ketones (excluding diaryl/α,β-unsaturated/α-hetero) is 2. The number of hydrogen-bond donors (Lipinski definition) is 4. The van der Waals surface area contributed by atoms with Crippen molar-refractivity contribution < 1.29 is 68.2 Å². The summed E-state index contributed by atoms with van der Waals surface area (Å²) in [6.45, 7) is 30.8. The van der Waals surface area contributed by atoms with Gasteiger partial charge >= 0.3 is 23.9 Å². The number of carbonyl (C=O) groups is 7. The first kappa shape index (κ1) is 66.2. The van der Waals surface area contributed by atoms with Crippen LogP contribution in [0.2, 0.25) is 0 Å². The molecule has 0 aliphatic heterocycles. The molecule has 14 heteroatoms. The van der Waals surface area contributed by atoms with Gasteiger partial charge in [0, 0.05) is 32.6 Å². The third kappa shape index (κ3) is 84.4. The van der Waals surface area contributed by atoms with Crippen molar-refractivity contribution in [2.45, 2.75) is 149 Å². The van der Waals surface area contributed by atoms with Crippen molar-refractivity contribution in [2.75, 3.05) is 33.0 Å². The van der Waals surface area contributed by atoms with E-state index in [9.17, 15) is 28.8 Å². The van der Waals surface area contributed by atoms with Gasteiger partial charge in [0.25, 0.3) is 5.97 Å². The predicted molar refractivity (Wildman–Crippen MR) is 216 cm³/mol. The summed E-state index contributed by atoms with van der Waals surface area (Å²) in [5.41, 5.74) is 0.672. The lowest BCUT2D eigenvalue weighted by Gasteiger charge is -2.06. The van der Waals surface area contributed by atoms with Gasteiger partial charge in [0.1, 0.15) is 23.9 Å². The van der Waals surface area contributed by atoms with Crippen LogP contribution in [-0.2, 0) is 47.8 Å². The van der Waals surface area contributed by atoms with E-state index in [-0.39, 0.29) is 29.9 Å². The summed E-state index contributed by atoms with van der Waals surface area (Å²) in [7, 11) is 0. The molecular weight excluding hydrogens is 716 g/mol. The summed E-state index contributed by atoms with van der Waals surface area (Å²) in [5, 5.41) is 32.2. The van der Waals surface area contributed by atoms with Crippen LogP contribution in [0.25, 0.3) is 0 Å². The predicted octanol–water partition coefficient (Wildman–Crippen LogP) is 7.49. The van der Waals surface area contributed by atoms with Crippen LogP contribution in [0.5, 0.6) is 0 Å². The van der Waals surface area contributed by atoms with Crippen LogP contribution in [-0.4, -0.2) is 94.9 Å². The highest BCUT2D eigenvalue weighted by molar-refractivity contribution is 5.96. The van der Waals surface area contributed by atoms with E-state index in [1.165, 1.54) is 20.8 Å². The molecule has 14 nitrogen and oxygen atoms in total. The zero-order valence-corrected chi connectivity index (χ0v) is 37.1. The number of aliphatic hydroxyl groups is 2. The largest absolute Gasteiger partial charge is 0.481 e. The maximum Gasteiger partial charge on any atom is 0.333 e. The van der Waals surface area contributed by atoms with Crippen molar-refractivity contribution in [2.24, 2.45) is 29.6 Å². The monoisotopic (exact) mass is 797 g/mol. The molecular formula is C41H80O14. The fraction of sp³-hybridized carbons (Fsp3) is 0.780. The standard InChI is InChI=1S/C9H16O2.2C8H14O3.C6H12O2.2C4H10O.C2H4O2/c1-5-8(4)9(10)11-6-7(2)3;1-6(2)5-11-8(10)4-7(3)9;1-3-4-5-7(6(2)9)8(10)11;1-5(2)4-8-6(3)7;1-4(2)3-5;1-2-3-4-5;1-2(3)4/h5,7H,6H2,1-4H3;6H,4-5H2,1-3H3;7H,3-5H2,1-2H3,(H,10,11);5H,4H2,1-3H3;4-5H,3H2,1-2H3;5H,2-4H2,1H3;1H3,(H,3,4)/b8-5-;;;;;;. The summed E-state index contributed by atoms with van der Waals surface area (Å²) < 4.78 is 14.4. The second-order valence-electron chi connectivity index (χ2n) is 13.9. The lowest BCUT2D eigenvalue weighted by atomic mass is 9.99. The highest BCUT2D eigenvalue weighted by Crippen LogP contribution is 2.09. The van der Waals surface area contributed by atoms with Gasteiger partial charge in [0.15, 0.2) is 0 Å². The van der Waals surface area contributed by atoms with Gasteiger partial charge in [-0.25, -0.2) is 4.79 Å². The van der Waals surface area contributed by atoms with Gasteiger partial charge in [0.05, 0.1) is 19.8 Å². The Morgan fingerprint density at radius 1 is 0.618 bits per heavy atom. The molecule has 0 saturated heterocycles. The van der Waals surface area contributed by atoms with Gasteiger partial charge in [-0.3, -0.25) is 28.8 Å². The normalized spacial score (nSPS) is 10.3. The maximum atomic E-state index is 11.0. The second kappa shape index (κ2) is 48.4. The first-order valence-electron chi connectivity index (χ1n) is 19.0. The summed E-state index contributed by atoms with van der Waals surface area (Å²) in [5.74, 6) is -2.22. The second-order valence-corrected chi connectivity index (χ2v) is 13.9. The molecule has 1 atom stereocenters. The van der Waals surface area contributed by atoms with Crippen LogP contribution in [0, 0.1) is 29.6 Å². The number of hydrogen-bond acceptors (Lipinski definition) is 12. The average Bonchev–Trinajstić information content (AvgIpc) is 3.06. The third-order valence-corrected chi connectivity index (χ3v) is 5.41. The topological polar surface area (TPSA) is 228 Å². The number of unbranched alkanes of at least 4 members (excludes halogenated alkanes) is 2. The molecule has 55 heavy (non-hydrogen) atoms. The number of rotatable bonds is 17. The first-order chi connectivity index (χ1) is 25.2. The Balaban J connectivity index is -0.000000101. The fourth-order valence-electron chi connectivity index (χ4n) is 2.34. The van der Waals surface area contributed by atoms with E-state index in [4.69, 9.17) is 34.7 Å². The van der Waals surface area contributed by atoms with Crippen LogP contribution in [0.3, 0.4) is 0 Å². The molecule has 0 aromatic heterocycles. The minimum atomic E-state index is -0.994. The van der Waals surface area contributed by atoms with Gasteiger partial charge in [-0.2, -0.15) is 0 Å². The Kier molecular flexibility index (Phi) is 58.2. The number of ether oxygens (including phenoxy) is 3. The minimum absolute atomic E-state index is 0.104. The first-order valence-corrected chi connectivity index (χ1v) is 19.0. The van der Waals surface area contributed by atoms with Crippen LogP contribution in [0.4, 0.5) is 0 Å². The summed E-state index contributed by atoms with van der Waals surface area (Å²) in [6, 6.07) is 0. The Hall–Kier alpha value is -3.65. The van der Waals surface area contributed by atoms with Crippen molar-refractivity contribution in [1.82, 2.24) is 0 Å². The number of aliphatic hydroxyl groups excluding tert-OH is 2. The van der Waals surface area contributed by atoms with E-state index >= 15 is 0 Å². The smallest absolute Gasteiger partial charge is 0.333 e. The molecule has 0 heterocycles. The van der Waals surface area contributed by atoms with E-state index in [0.29, 0.717) is 68.7 Å². The lowest BCUT2D eigenvalue weighted by molar-refractivity contribution is -0.147. The fourth-order valence-corrected chi connectivity index (χ4v) is 2.34. The Morgan fingerprint density at radius 2 is 1.00 bits per heavy atom. The maximum absolute atomic E-state index is 11.0. The summed E-state index contributed by atoms with van der Waals surface area (Å²) in [4.78, 5) is 72.4. The van der Waals surface area contributed by atoms with E-state index in [0.717, 1.165) is 32.6 Å². The lowest BCUT2D eigenvalue weighted by Crippen LogP contribution is -2.21. The quantitative estimate of drug-likeness (QED) is 0.0484. The van der Waals surface area contributed by atoms with Crippen molar-refractivity contribution in [3.05, 3.63) is 11.6 Å². The number of esters is 3.